The van der Waals surface area contributed by atoms with E-state index < -0.39 is 0 Å². The first-order chi connectivity index (χ1) is 5.61. The summed E-state index contributed by atoms with van der Waals surface area (Å²) < 4.78 is 0. The summed E-state index contributed by atoms with van der Waals surface area (Å²) in [6, 6.07) is 8.43. The maximum absolute atomic E-state index is 5.73. The van der Waals surface area contributed by atoms with Gasteiger partial charge in [0.05, 0.1) is 0 Å². The van der Waals surface area contributed by atoms with E-state index in [0.29, 0.717) is 0 Å². The normalized spacial score (nSPS) is 11.7. The maximum atomic E-state index is 5.73. The Morgan fingerprint density at radius 1 is 1.15 bits per heavy atom. The van der Waals surface area contributed by atoms with Crippen LogP contribution < -0.4 is 10.6 Å². The molecule has 13 heavy (non-hydrogen) atoms. The Hall–Kier alpha value is -0.730. The molecular weight excluding hydrogens is 184 g/mol. The minimum absolute atomic E-state index is 0. The van der Waals surface area contributed by atoms with E-state index in [4.69, 9.17) is 5.73 Å². The molecule has 0 aliphatic heterocycles. The number of benzene rings is 1. The van der Waals surface area contributed by atoms with Crippen LogP contribution >= 0.6 is 12.4 Å². The molecule has 1 aromatic carbocycles. The molecule has 1 unspecified atom stereocenters. The van der Waals surface area contributed by atoms with E-state index in [0.717, 1.165) is 0 Å². The fourth-order valence-corrected chi connectivity index (χ4v) is 1.08. The summed E-state index contributed by atoms with van der Waals surface area (Å²) in [6.07, 6.45) is 0. The van der Waals surface area contributed by atoms with Crippen molar-refractivity contribution in [1.82, 2.24) is 0 Å². The maximum Gasteiger partial charge on any atom is 0.0361 e. The summed E-state index contributed by atoms with van der Waals surface area (Å²) in [4.78, 5) is 2.07. The number of nitrogens with zero attached hydrogens (tertiary/aromatic N) is 1. The van der Waals surface area contributed by atoms with Gasteiger partial charge in [-0.05, 0) is 24.6 Å². The zero-order chi connectivity index (χ0) is 9.14. The topological polar surface area (TPSA) is 29.3 Å². The van der Waals surface area contributed by atoms with Crippen molar-refractivity contribution in [2.24, 2.45) is 5.73 Å². The Bertz CT molecular complexity index is 215. The first-order valence-electron chi connectivity index (χ1n) is 4.14. The molecular formula is C10H17ClN2. The lowest BCUT2D eigenvalue weighted by atomic mass is 10.1. The Morgan fingerprint density at radius 3 is 1.92 bits per heavy atom. The molecule has 0 aliphatic carbocycles. The van der Waals surface area contributed by atoms with Crippen LogP contribution in [0.3, 0.4) is 0 Å². The van der Waals surface area contributed by atoms with Crippen LogP contribution in [-0.2, 0) is 0 Å². The van der Waals surface area contributed by atoms with Gasteiger partial charge in [-0.1, -0.05) is 12.1 Å². The third kappa shape index (κ3) is 3.25. The third-order valence-electron chi connectivity index (χ3n) is 1.94. The summed E-state index contributed by atoms with van der Waals surface area (Å²) in [5.41, 5.74) is 8.12. The Balaban J connectivity index is 0.00000144. The van der Waals surface area contributed by atoms with Crippen molar-refractivity contribution in [3.8, 4) is 0 Å². The summed E-state index contributed by atoms with van der Waals surface area (Å²) in [5.74, 6) is 0. The first kappa shape index (κ1) is 12.3. The highest BCUT2D eigenvalue weighted by atomic mass is 35.5. The molecule has 0 fully saturated rings. The van der Waals surface area contributed by atoms with E-state index in [2.05, 4.69) is 29.2 Å². The second-order valence-electron chi connectivity index (χ2n) is 3.27. The van der Waals surface area contributed by atoms with Crippen molar-refractivity contribution in [2.75, 3.05) is 19.0 Å². The standard InChI is InChI=1S/C10H16N2.ClH/c1-8(11)9-4-6-10(7-5-9)12(2)3;/h4-8H,11H2,1-3H3;1H. The van der Waals surface area contributed by atoms with Gasteiger partial charge in [-0.2, -0.15) is 0 Å². The summed E-state index contributed by atoms with van der Waals surface area (Å²) in [5, 5.41) is 0. The highest BCUT2D eigenvalue weighted by molar-refractivity contribution is 5.85. The molecule has 0 saturated carbocycles. The van der Waals surface area contributed by atoms with Crippen molar-refractivity contribution < 1.29 is 0 Å². The lowest BCUT2D eigenvalue weighted by Gasteiger charge is -2.13. The molecule has 2 nitrogen and oxygen atoms in total. The van der Waals surface area contributed by atoms with E-state index in [9.17, 15) is 0 Å². The largest absolute Gasteiger partial charge is 0.378 e. The fraction of sp³-hybridized carbons (Fsp3) is 0.400. The third-order valence-corrected chi connectivity index (χ3v) is 1.94. The molecule has 1 atom stereocenters. The highest BCUT2D eigenvalue weighted by Gasteiger charge is 1.99. The predicted molar refractivity (Wildman–Crippen MR) is 60.6 cm³/mol. The van der Waals surface area contributed by atoms with Crippen LogP contribution in [0, 0.1) is 0 Å². The Labute approximate surface area is 86.1 Å². The van der Waals surface area contributed by atoms with E-state index >= 15 is 0 Å². The molecule has 0 saturated heterocycles. The van der Waals surface area contributed by atoms with Gasteiger partial charge in [0.2, 0.25) is 0 Å². The summed E-state index contributed by atoms with van der Waals surface area (Å²) in [6.45, 7) is 1.99. The van der Waals surface area contributed by atoms with Crippen molar-refractivity contribution in [1.29, 1.82) is 0 Å². The van der Waals surface area contributed by atoms with Gasteiger partial charge in [0, 0.05) is 25.8 Å². The predicted octanol–water partition coefficient (Wildman–Crippen LogP) is 2.19. The van der Waals surface area contributed by atoms with Crippen LogP contribution in [0.2, 0.25) is 0 Å². The Kier molecular flexibility index (Phi) is 4.81. The van der Waals surface area contributed by atoms with Crippen molar-refractivity contribution >= 4 is 18.1 Å². The average molecular weight is 201 g/mol. The highest BCUT2D eigenvalue weighted by Crippen LogP contribution is 2.15. The van der Waals surface area contributed by atoms with Gasteiger partial charge in [-0.25, -0.2) is 0 Å². The lowest BCUT2D eigenvalue weighted by molar-refractivity contribution is 0.818. The van der Waals surface area contributed by atoms with E-state index in [1.165, 1.54) is 11.3 Å². The fourth-order valence-electron chi connectivity index (χ4n) is 1.08. The summed E-state index contributed by atoms with van der Waals surface area (Å²) in [7, 11) is 4.06. The van der Waals surface area contributed by atoms with Crippen molar-refractivity contribution in [2.45, 2.75) is 13.0 Å². The molecule has 0 bridgehead atoms. The SMILES string of the molecule is CC(N)c1ccc(N(C)C)cc1.Cl. The number of nitrogens with two attached hydrogens (primary N) is 1. The molecule has 0 heterocycles. The van der Waals surface area contributed by atoms with Gasteiger partial charge < -0.3 is 10.6 Å². The molecule has 3 heteroatoms. The van der Waals surface area contributed by atoms with Crippen LogP contribution in [0.25, 0.3) is 0 Å². The lowest BCUT2D eigenvalue weighted by Crippen LogP contribution is -2.09. The van der Waals surface area contributed by atoms with Gasteiger partial charge in [-0.3, -0.25) is 0 Å². The van der Waals surface area contributed by atoms with Crippen LogP contribution in [0.1, 0.15) is 18.5 Å². The monoisotopic (exact) mass is 200 g/mol. The molecule has 0 spiro atoms. The minimum Gasteiger partial charge on any atom is -0.378 e. The zero-order valence-electron chi connectivity index (χ0n) is 8.32. The molecule has 0 amide bonds. The minimum atomic E-state index is 0. The number of hydrogen-bond acceptors (Lipinski definition) is 2. The second kappa shape index (κ2) is 5.10. The van der Waals surface area contributed by atoms with Crippen LogP contribution in [0.4, 0.5) is 5.69 Å². The summed E-state index contributed by atoms with van der Waals surface area (Å²) >= 11 is 0. The molecule has 74 valence electrons. The van der Waals surface area contributed by atoms with Crippen molar-refractivity contribution in [3.05, 3.63) is 29.8 Å². The average Bonchev–Trinajstić information content (AvgIpc) is 2.04. The van der Waals surface area contributed by atoms with Gasteiger partial charge in [0.1, 0.15) is 0 Å². The van der Waals surface area contributed by atoms with E-state index in [1.54, 1.807) is 0 Å². The zero-order valence-corrected chi connectivity index (χ0v) is 9.14. The first-order valence-corrected chi connectivity index (χ1v) is 4.14. The van der Waals surface area contributed by atoms with Crippen LogP contribution in [0.15, 0.2) is 24.3 Å². The number of hydrogen-bond donors (Lipinski definition) is 1. The van der Waals surface area contributed by atoms with Crippen LogP contribution in [-0.4, -0.2) is 14.1 Å². The van der Waals surface area contributed by atoms with E-state index in [1.807, 2.05) is 21.0 Å². The second-order valence-corrected chi connectivity index (χ2v) is 3.27. The molecule has 2 N–H and O–H groups in total. The number of halogens is 1. The number of anilines is 1. The smallest absolute Gasteiger partial charge is 0.0361 e. The van der Waals surface area contributed by atoms with Gasteiger partial charge in [0.25, 0.3) is 0 Å². The number of rotatable bonds is 2. The van der Waals surface area contributed by atoms with Gasteiger partial charge in [0.15, 0.2) is 0 Å². The van der Waals surface area contributed by atoms with E-state index in [-0.39, 0.29) is 18.4 Å². The molecule has 0 radical (unpaired) electrons. The van der Waals surface area contributed by atoms with Crippen LogP contribution in [0.5, 0.6) is 0 Å². The molecule has 0 aromatic heterocycles. The van der Waals surface area contributed by atoms with Crippen molar-refractivity contribution in [3.63, 3.8) is 0 Å². The molecule has 1 rings (SSSR count). The van der Waals surface area contributed by atoms with Gasteiger partial charge in [-0.15, -0.1) is 12.4 Å². The molecule has 0 aliphatic rings. The molecule has 1 aromatic rings. The Morgan fingerprint density at radius 2 is 1.62 bits per heavy atom. The quantitative estimate of drug-likeness (QED) is 0.793. The van der Waals surface area contributed by atoms with Gasteiger partial charge >= 0.3 is 0 Å².